The highest BCUT2D eigenvalue weighted by atomic mass is 16.1. The summed E-state index contributed by atoms with van der Waals surface area (Å²) in [6.07, 6.45) is 0. The van der Waals surface area contributed by atoms with Gasteiger partial charge in [-0.2, -0.15) is 0 Å². The van der Waals surface area contributed by atoms with Gasteiger partial charge in [0.25, 0.3) is 5.91 Å². The smallest absolute Gasteiger partial charge is 0.252 e. The summed E-state index contributed by atoms with van der Waals surface area (Å²) in [5, 5.41) is 5.46. The first-order valence-electron chi connectivity index (χ1n) is 8.77. The van der Waals surface area contributed by atoms with Gasteiger partial charge in [0.1, 0.15) is 0 Å². The van der Waals surface area contributed by atoms with Gasteiger partial charge in [0.05, 0.1) is 6.04 Å². The highest BCUT2D eigenvalue weighted by molar-refractivity contribution is 5.97. The van der Waals surface area contributed by atoms with E-state index < -0.39 is 0 Å². The van der Waals surface area contributed by atoms with Crippen molar-refractivity contribution in [3.8, 4) is 0 Å². The number of rotatable bonds is 5. The maximum atomic E-state index is 12.9. The number of fused-ring (bicyclic) bond motifs is 1. The molecule has 0 aliphatic rings. The van der Waals surface area contributed by atoms with Crippen molar-refractivity contribution in [3.63, 3.8) is 0 Å². The summed E-state index contributed by atoms with van der Waals surface area (Å²) >= 11 is 0. The number of nitrogens with one attached hydrogen (secondary N) is 1. The molecule has 0 radical (unpaired) electrons. The maximum Gasteiger partial charge on any atom is 0.252 e. The number of carbonyl (C=O) groups is 1. The number of nitrogen functional groups attached to an aromatic ring is 1. The van der Waals surface area contributed by atoms with Crippen molar-refractivity contribution < 1.29 is 4.79 Å². The van der Waals surface area contributed by atoms with E-state index in [0.717, 1.165) is 16.5 Å². The van der Waals surface area contributed by atoms with E-state index in [1.165, 1.54) is 5.39 Å². The van der Waals surface area contributed by atoms with Crippen molar-refractivity contribution in [1.82, 2.24) is 10.2 Å². The van der Waals surface area contributed by atoms with E-state index in [-0.39, 0.29) is 11.9 Å². The molecule has 1 atom stereocenters. The largest absolute Gasteiger partial charge is 0.399 e. The summed E-state index contributed by atoms with van der Waals surface area (Å²) < 4.78 is 0. The van der Waals surface area contributed by atoms with E-state index >= 15 is 0 Å². The van der Waals surface area contributed by atoms with E-state index in [4.69, 9.17) is 5.73 Å². The third-order valence-corrected chi connectivity index (χ3v) is 4.50. The van der Waals surface area contributed by atoms with Crippen LogP contribution in [0.2, 0.25) is 0 Å². The number of hydrogen-bond donors (Lipinski definition) is 2. The zero-order valence-electron chi connectivity index (χ0n) is 15.5. The third kappa shape index (κ3) is 3.86. The molecule has 0 spiro atoms. The summed E-state index contributed by atoms with van der Waals surface area (Å²) in [6.45, 7) is 2.70. The molecule has 3 N–H and O–H groups in total. The zero-order chi connectivity index (χ0) is 18.7. The molecule has 0 saturated carbocycles. The molecule has 0 aliphatic carbocycles. The summed E-state index contributed by atoms with van der Waals surface area (Å²) in [5.41, 5.74) is 9.21. The SMILES string of the molecule is C[C@@H](NC(=O)c1cc(N)ccc1CN(C)C)c1cccc2ccccc12. The van der Waals surface area contributed by atoms with E-state index in [0.29, 0.717) is 17.8 Å². The van der Waals surface area contributed by atoms with Crippen LogP contribution in [0.15, 0.2) is 60.7 Å². The van der Waals surface area contributed by atoms with Crippen LogP contribution in [0.1, 0.15) is 34.5 Å². The number of anilines is 1. The van der Waals surface area contributed by atoms with Crippen LogP contribution in [-0.4, -0.2) is 24.9 Å². The van der Waals surface area contributed by atoms with Gasteiger partial charge in [0.2, 0.25) is 0 Å². The number of benzene rings is 3. The van der Waals surface area contributed by atoms with Crippen molar-refractivity contribution in [2.24, 2.45) is 0 Å². The maximum absolute atomic E-state index is 12.9. The van der Waals surface area contributed by atoms with Gasteiger partial charge in [-0.05, 0) is 55.1 Å². The van der Waals surface area contributed by atoms with Gasteiger partial charge in [-0.1, -0.05) is 48.5 Å². The minimum Gasteiger partial charge on any atom is -0.399 e. The first-order chi connectivity index (χ1) is 12.5. The van der Waals surface area contributed by atoms with Crippen LogP contribution in [0, 0.1) is 0 Å². The number of nitrogens with zero attached hydrogens (tertiary/aromatic N) is 1. The molecule has 0 saturated heterocycles. The van der Waals surface area contributed by atoms with Gasteiger partial charge < -0.3 is 16.0 Å². The molecule has 3 aromatic carbocycles. The fraction of sp³-hybridized carbons (Fsp3) is 0.227. The predicted octanol–water partition coefficient (Wildman–Crippen LogP) is 3.97. The lowest BCUT2D eigenvalue weighted by molar-refractivity contribution is 0.0938. The summed E-state index contributed by atoms with van der Waals surface area (Å²) in [5.74, 6) is -0.102. The van der Waals surface area contributed by atoms with Crippen LogP contribution >= 0.6 is 0 Å². The molecule has 4 heteroatoms. The minimum absolute atomic E-state index is 0.102. The van der Waals surface area contributed by atoms with Crippen molar-refractivity contribution in [1.29, 1.82) is 0 Å². The Balaban J connectivity index is 1.89. The lowest BCUT2D eigenvalue weighted by Crippen LogP contribution is -2.28. The van der Waals surface area contributed by atoms with Gasteiger partial charge in [-0.3, -0.25) is 4.79 Å². The van der Waals surface area contributed by atoms with Gasteiger partial charge >= 0.3 is 0 Å². The van der Waals surface area contributed by atoms with E-state index in [9.17, 15) is 4.79 Å². The van der Waals surface area contributed by atoms with Crippen LogP contribution in [0.25, 0.3) is 10.8 Å². The number of carbonyl (C=O) groups excluding carboxylic acids is 1. The fourth-order valence-electron chi connectivity index (χ4n) is 3.26. The standard InChI is InChI=1S/C22H25N3O/c1-15(19-10-6-8-16-7-4-5-9-20(16)19)24-22(26)21-13-18(23)12-11-17(21)14-25(2)3/h4-13,15H,14,23H2,1-3H3,(H,24,26)/t15-/m1/s1. The molecule has 26 heavy (non-hydrogen) atoms. The lowest BCUT2D eigenvalue weighted by Gasteiger charge is -2.19. The Bertz CT molecular complexity index is 928. The third-order valence-electron chi connectivity index (χ3n) is 4.50. The second-order valence-corrected chi connectivity index (χ2v) is 6.92. The zero-order valence-corrected chi connectivity index (χ0v) is 15.5. The monoisotopic (exact) mass is 347 g/mol. The molecule has 0 fully saturated rings. The average Bonchev–Trinajstić information content (AvgIpc) is 2.62. The molecule has 0 aliphatic heterocycles. The predicted molar refractivity (Wildman–Crippen MR) is 108 cm³/mol. The van der Waals surface area contributed by atoms with Crippen molar-refractivity contribution >= 4 is 22.4 Å². The second-order valence-electron chi connectivity index (χ2n) is 6.92. The fourth-order valence-corrected chi connectivity index (χ4v) is 3.26. The molecule has 0 bridgehead atoms. The van der Waals surface area contributed by atoms with Gasteiger partial charge in [-0.15, -0.1) is 0 Å². The summed E-state index contributed by atoms with van der Waals surface area (Å²) in [4.78, 5) is 15.0. The highest BCUT2D eigenvalue weighted by Crippen LogP contribution is 2.25. The van der Waals surface area contributed by atoms with Crippen LogP contribution in [-0.2, 0) is 6.54 Å². The molecule has 134 valence electrons. The number of nitrogens with two attached hydrogens (primary N) is 1. The summed E-state index contributed by atoms with van der Waals surface area (Å²) in [7, 11) is 3.97. The van der Waals surface area contributed by atoms with E-state index in [1.807, 2.05) is 56.3 Å². The Morgan fingerprint density at radius 3 is 2.58 bits per heavy atom. The minimum atomic E-state index is -0.109. The quantitative estimate of drug-likeness (QED) is 0.687. The second kappa shape index (κ2) is 7.58. The average molecular weight is 347 g/mol. The van der Waals surface area contributed by atoms with Crippen molar-refractivity contribution in [3.05, 3.63) is 77.4 Å². The first kappa shape index (κ1) is 18.0. The molecule has 3 rings (SSSR count). The first-order valence-corrected chi connectivity index (χ1v) is 8.77. The Kier molecular flexibility index (Phi) is 5.24. The van der Waals surface area contributed by atoms with Crippen LogP contribution in [0.5, 0.6) is 0 Å². The van der Waals surface area contributed by atoms with Gasteiger partial charge in [-0.25, -0.2) is 0 Å². The molecule has 1 amide bonds. The highest BCUT2D eigenvalue weighted by Gasteiger charge is 2.17. The van der Waals surface area contributed by atoms with Crippen LogP contribution in [0.4, 0.5) is 5.69 Å². The Hall–Kier alpha value is -2.85. The Morgan fingerprint density at radius 1 is 1.08 bits per heavy atom. The van der Waals surface area contributed by atoms with Gasteiger partial charge in [0, 0.05) is 17.8 Å². The molecule has 0 aromatic heterocycles. The molecule has 0 unspecified atom stereocenters. The van der Waals surface area contributed by atoms with Crippen LogP contribution in [0.3, 0.4) is 0 Å². The lowest BCUT2D eigenvalue weighted by atomic mass is 9.99. The van der Waals surface area contributed by atoms with Gasteiger partial charge in [0.15, 0.2) is 0 Å². The molecule has 3 aromatic rings. The van der Waals surface area contributed by atoms with E-state index in [1.54, 1.807) is 6.07 Å². The normalized spacial score (nSPS) is 12.3. The van der Waals surface area contributed by atoms with Crippen molar-refractivity contribution in [2.75, 3.05) is 19.8 Å². The molecule has 4 nitrogen and oxygen atoms in total. The molecular weight excluding hydrogens is 322 g/mol. The molecular formula is C22H25N3O. The number of amides is 1. The summed E-state index contributed by atoms with van der Waals surface area (Å²) in [6, 6.07) is 19.8. The molecule has 0 heterocycles. The van der Waals surface area contributed by atoms with E-state index in [2.05, 4.69) is 29.6 Å². The number of hydrogen-bond acceptors (Lipinski definition) is 3. The Morgan fingerprint density at radius 2 is 1.81 bits per heavy atom. The van der Waals surface area contributed by atoms with Crippen molar-refractivity contribution in [2.45, 2.75) is 19.5 Å². The van der Waals surface area contributed by atoms with Crippen LogP contribution < -0.4 is 11.1 Å². The topological polar surface area (TPSA) is 58.4 Å². The Labute approximate surface area is 154 Å².